The number of nitrogens with two attached hydrogens (primary N) is 1. The second-order valence-electron chi connectivity index (χ2n) is 4.52. The second kappa shape index (κ2) is 5.42. The first-order chi connectivity index (χ1) is 9.66. The van der Waals surface area contributed by atoms with E-state index in [0.29, 0.717) is 34.7 Å². The van der Waals surface area contributed by atoms with E-state index in [1.54, 1.807) is 12.1 Å². The van der Waals surface area contributed by atoms with Crippen molar-refractivity contribution in [1.29, 1.82) is 0 Å². The molecule has 0 fully saturated rings. The van der Waals surface area contributed by atoms with Crippen molar-refractivity contribution >= 4 is 15.9 Å². The molecular formula is C15H13BrFNO2. The van der Waals surface area contributed by atoms with E-state index in [-0.39, 0.29) is 5.82 Å². The summed E-state index contributed by atoms with van der Waals surface area (Å²) in [7, 11) is 0. The molecule has 2 aromatic carbocycles. The summed E-state index contributed by atoms with van der Waals surface area (Å²) in [5, 5.41) is 0. The van der Waals surface area contributed by atoms with E-state index in [0.717, 1.165) is 5.56 Å². The van der Waals surface area contributed by atoms with E-state index in [1.165, 1.54) is 6.07 Å². The molecule has 0 saturated carbocycles. The minimum atomic E-state index is -0.434. The van der Waals surface area contributed by atoms with Crippen LogP contribution in [0.4, 0.5) is 4.39 Å². The summed E-state index contributed by atoms with van der Waals surface area (Å²) in [6, 6.07) is 9.95. The summed E-state index contributed by atoms with van der Waals surface area (Å²) >= 11 is 3.24. The third kappa shape index (κ3) is 2.39. The van der Waals surface area contributed by atoms with Crippen LogP contribution in [-0.4, -0.2) is 13.2 Å². The molecular weight excluding hydrogens is 325 g/mol. The molecule has 1 unspecified atom stereocenters. The summed E-state index contributed by atoms with van der Waals surface area (Å²) in [5.74, 6) is 1.07. The third-order valence-electron chi connectivity index (χ3n) is 3.24. The Bertz CT molecular complexity index is 648. The zero-order valence-electron chi connectivity index (χ0n) is 10.6. The van der Waals surface area contributed by atoms with Gasteiger partial charge in [0.25, 0.3) is 0 Å². The third-order valence-corrected chi connectivity index (χ3v) is 4.08. The Hall–Kier alpha value is -1.59. The molecule has 2 N–H and O–H groups in total. The predicted molar refractivity (Wildman–Crippen MR) is 77.6 cm³/mol. The number of rotatable bonds is 2. The average Bonchev–Trinajstić information content (AvgIpc) is 2.49. The molecule has 1 atom stereocenters. The second-order valence-corrected chi connectivity index (χ2v) is 5.32. The quantitative estimate of drug-likeness (QED) is 0.913. The lowest BCUT2D eigenvalue weighted by Crippen LogP contribution is -2.17. The van der Waals surface area contributed by atoms with Crippen LogP contribution >= 0.6 is 15.9 Å². The minimum absolute atomic E-state index is 0.324. The fourth-order valence-corrected chi connectivity index (χ4v) is 2.70. The SMILES string of the molecule is NC(c1ccc2c(c1)OCCO2)c1cccc(F)c1Br. The van der Waals surface area contributed by atoms with Gasteiger partial charge in [-0.25, -0.2) is 4.39 Å². The smallest absolute Gasteiger partial charge is 0.161 e. The molecule has 1 aliphatic rings. The predicted octanol–water partition coefficient (Wildman–Crippen LogP) is 3.41. The van der Waals surface area contributed by atoms with Gasteiger partial charge in [0.2, 0.25) is 0 Å². The molecule has 0 spiro atoms. The maximum atomic E-state index is 13.6. The number of halogens is 2. The summed E-state index contributed by atoms with van der Waals surface area (Å²) in [4.78, 5) is 0. The van der Waals surface area contributed by atoms with Gasteiger partial charge in [0.15, 0.2) is 11.5 Å². The van der Waals surface area contributed by atoms with E-state index < -0.39 is 6.04 Å². The molecule has 5 heteroatoms. The van der Waals surface area contributed by atoms with Crippen molar-refractivity contribution in [2.24, 2.45) is 5.73 Å². The highest BCUT2D eigenvalue weighted by Crippen LogP contribution is 2.35. The zero-order chi connectivity index (χ0) is 14.1. The molecule has 1 aliphatic heterocycles. The lowest BCUT2D eigenvalue weighted by atomic mass is 9.99. The monoisotopic (exact) mass is 337 g/mol. The molecule has 0 bridgehead atoms. The largest absolute Gasteiger partial charge is 0.486 e. The number of hydrogen-bond donors (Lipinski definition) is 1. The van der Waals surface area contributed by atoms with Crippen molar-refractivity contribution < 1.29 is 13.9 Å². The molecule has 2 aromatic rings. The highest BCUT2D eigenvalue weighted by molar-refractivity contribution is 9.10. The van der Waals surface area contributed by atoms with E-state index in [2.05, 4.69) is 15.9 Å². The summed E-state index contributed by atoms with van der Waals surface area (Å²) in [6.45, 7) is 1.07. The summed E-state index contributed by atoms with van der Waals surface area (Å²) in [6.07, 6.45) is 0. The van der Waals surface area contributed by atoms with E-state index in [9.17, 15) is 4.39 Å². The van der Waals surface area contributed by atoms with Crippen LogP contribution in [0.2, 0.25) is 0 Å². The van der Waals surface area contributed by atoms with Crippen LogP contribution in [0.5, 0.6) is 11.5 Å². The van der Waals surface area contributed by atoms with Crippen LogP contribution in [0.1, 0.15) is 17.2 Å². The van der Waals surface area contributed by atoms with E-state index in [4.69, 9.17) is 15.2 Å². The molecule has 104 valence electrons. The molecule has 0 radical (unpaired) electrons. The Morgan fingerprint density at radius 2 is 1.85 bits per heavy atom. The van der Waals surface area contributed by atoms with Gasteiger partial charge in [-0.3, -0.25) is 0 Å². The molecule has 20 heavy (non-hydrogen) atoms. The van der Waals surface area contributed by atoms with Crippen molar-refractivity contribution in [3.05, 3.63) is 57.8 Å². The van der Waals surface area contributed by atoms with Gasteiger partial charge in [-0.1, -0.05) is 18.2 Å². The van der Waals surface area contributed by atoms with Crippen molar-refractivity contribution in [3.63, 3.8) is 0 Å². The van der Waals surface area contributed by atoms with Crippen molar-refractivity contribution in [1.82, 2.24) is 0 Å². The van der Waals surface area contributed by atoms with Gasteiger partial charge < -0.3 is 15.2 Å². The summed E-state index contributed by atoms with van der Waals surface area (Å²) < 4.78 is 25.0. The Morgan fingerprint density at radius 1 is 1.10 bits per heavy atom. The average molecular weight is 338 g/mol. The normalized spacial score (nSPS) is 14.9. The number of hydrogen-bond acceptors (Lipinski definition) is 3. The van der Waals surface area contributed by atoms with Crippen LogP contribution in [-0.2, 0) is 0 Å². The molecule has 0 saturated heterocycles. The Balaban J connectivity index is 1.98. The van der Waals surface area contributed by atoms with Crippen LogP contribution in [0.3, 0.4) is 0 Å². The van der Waals surface area contributed by atoms with Crippen LogP contribution in [0, 0.1) is 5.82 Å². The molecule has 0 aliphatic carbocycles. The first-order valence-corrected chi connectivity index (χ1v) is 7.05. The van der Waals surface area contributed by atoms with Gasteiger partial charge in [-0.05, 0) is 45.3 Å². The fraction of sp³-hybridized carbons (Fsp3) is 0.200. The van der Waals surface area contributed by atoms with Gasteiger partial charge in [-0.2, -0.15) is 0 Å². The topological polar surface area (TPSA) is 44.5 Å². The Morgan fingerprint density at radius 3 is 2.65 bits per heavy atom. The Kier molecular flexibility index (Phi) is 3.63. The highest BCUT2D eigenvalue weighted by Gasteiger charge is 2.18. The van der Waals surface area contributed by atoms with E-state index >= 15 is 0 Å². The van der Waals surface area contributed by atoms with Crippen LogP contribution < -0.4 is 15.2 Å². The minimum Gasteiger partial charge on any atom is -0.486 e. The summed E-state index contributed by atoms with van der Waals surface area (Å²) in [5.41, 5.74) is 7.77. The molecule has 1 heterocycles. The van der Waals surface area contributed by atoms with Crippen LogP contribution in [0.15, 0.2) is 40.9 Å². The lowest BCUT2D eigenvalue weighted by Gasteiger charge is -2.21. The van der Waals surface area contributed by atoms with Gasteiger partial charge in [0.1, 0.15) is 19.0 Å². The zero-order valence-corrected chi connectivity index (χ0v) is 12.2. The Labute approximate surface area is 124 Å². The fourth-order valence-electron chi connectivity index (χ4n) is 2.19. The molecule has 3 rings (SSSR count). The maximum absolute atomic E-state index is 13.6. The molecule has 3 nitrogen and oxygen atoms in total. The van der Waals surface area contributed by atoms with Crippen LogP contribution in [0.25, 0.3) is 0 Å². The van der Waals surface area contributed by atoms with Gasteiger partial charge >= 0.3 is 0 Å². The number of benzene rings is 2. The van der Waals surface area contributed by atoms with Gasteiger partial charge in [-0.15, -0.1) is 0 Å². The number of fused-ring (bicyclic) bond motifs is 1. The van der Waals surface area contributed by atoms with Crippen molar-refractivity contribution in [3.8, 4) is 11.5 Å². The van der Waals surface area contributed by atoms with Crippen molar-refractivity contribution in [2.75, 3.05) is 13.2 Å². The maximum Gasteiger partial charge on any atom is 0.161 e. The molecule has 0 amide bonds. The highest BCUT2D eigenvalue weighted by atomic mass is 79.9. The van der Waals surface area contributed by atoms with Gasteiger partial charge in [0, 0.05) is 0 Å². The van der Waals surface area contributed by atoms with E-state index in [1.807, 2.05) is 18.2 Å². The first-order valence-electron chi connectivity index (χ1n) is 6.26. The standard InChI is InChI=1S/C15H13BrFNO2/c16-14-10(2-1-3-11(14)17)15(18)9-4-5-12-13(8-9)20-7-6-19-12/h1-5,8,15H,6-7,18H2. The lowest BCUT2D eigenvalue weighted by molar-refractivity contribution is 0.171. The number of ether oxygens (including phenoxy) is 2. The van der Waals surface area contributed by atoms with Crippen molar-refractivity contribution in [2.45, 2.75) is 6.04 Å². The first kappa shape index (κ1) is 13.4. The van der Waals surface area contributed by atoms with Gasteiger partial charge in [0.05, 0.1) is 10.5 Å². The molecule has 0 aromatic heterocycles.